The number of halogens is 1. The third-order valence-electron chi connectivity index (χ3n) is 5.78. The maximum atomic E-state index is 13.5. The first-order valence-corrected chi connectivity index (χ1v) is 12.4. The van der Waals surface area contributed by atoms with Gasteiger partial charge in [-0.25, -0.2) is 19.6 Å². The summed E-state index contributed by atoms with van der Waals surface area (Å²) in [5.41, 5.74) is -0.674. The summed E-state index contributed by atoms with van der Waals surface area (Å²) in [5, 5.41) is 13.2. The van der Waals surface area contributed by atoms with Crippen molar-refractivity contribution < 1.29 is 24.2 Å². The Morgan fingerprint density at radius 1 is 1.27 bits per heavy atom. The molecule has 33 heavy (non-hydrogen) atoms. The minimum absolute atomic E-state index is 0.0110. The Kier molecular flexibility index (Phi) is 7.94. The number of nitrogens with one attached hydrogen (secondary N) is 1. The molecule has 2 N–H and O–H groups in total. The van der Waals surface area contributed by atoms with Crippen LogP contribution in [-0.2, 0) is 14.3 Å². The molecule has 1 saturated heterocycles. The molecule has 2 fully saturated rings. The number of carbonyl (C=O) groups excluding carboxylic acids is 2. The van der Waals surface area contributed by atoms with Crippen molar-refractivity contribution in [2.45, 2.75) is 69.8 Å². The van der Waals surface area contributed by atoms with Crippen molar-refractivity contribution in [1.29, 1.82) is 0 Å². The fraction of sp³-hybridized carbons (Fsp3) is 0.667. The maximum absolute atomic E-state index is 13.5. The van der Waals surface area contributed by atoms with Crippen molar-refractivity contribution in [3.05, 3.63) is 11.2 Å². The Labute approximate surface area is 202 Å². The molecule has 2 aliphatic rings. The van der Waals surface area contributed by atoms with Gasteiger partial charge in [-0.1, -0.05) is 44.1 Å². The molecule has 0 unspecified atom stereocenters. The van der Waals surface area contributed by atoms with Gasteiger partial charge in [0.1, 0.15) is 29.2 Å². The molecule has 1 aromatic rings. The second kappa shape index (κ2) is 10.3. The van der Waals surface area contributed by atoms with Gasteiger partial charge in [-0.3, -0.25) is 4.79 Å². The molecule has 1 saturated carbocycles. The van der Waals surface area contributed by atoms with Gasteiger partial charge in [0.05, 0.1) is 13.2 Å². The molecule has 12 heteroatoms. The number of anilines is 1. The van der Waals surface area contributed by atoms with Gasteiger partial charge in [0.15, 0.2) is 5.16 Å². The zero-order valence-electron chi connectivity index (χ0n) is 19.2. The summed E-state index contributed by atoms with van der Waals surface area (Å²) in [5.74, 6) is -1.20. The van der Waals surface area contributed by atoms with Crippen molar-refractivity contribution >= 4 is 47.2 Å². The molecular weight excluding hydrogens is 470 g/mol. The van der Waals surface area contributed by atoms with Gasteiger partial charge in [-0.15, -0.1) is 0 Å². The number of carboxylic acids is 1. The number of nitrogens with zero attached hydrogens (tertiary/aromatic N) is 4. The Balaban J connectivity index is 1.80. The fourth-order valence-corrected chi connectivity index (χ4v) is 4.61. The van der Waals surface area contributed by atoms with Crippen LogP contribution in [-0.4, -0.2) is 75.6 Å². The number of carboxylic acid groups (broad SMARTS) is 1. The van der Waals surface area contributed by atoms with Gasteiger partial charge in [-0.05, 0) is 37.4 Å². The average molecular weight is 500 g/mol. The van der Waals surface area contributed by atoms with E-state index in [2.05, 4.69) is 15.3 Å². The van der Waals surface area contributed by atoms with E-state index in [1.807, 2.05) is 20.8 Å². The molecule has 0 spiro atoms. The highest BCUT2D eigenvalue weighted by molar-refractivity contribution is 7.98. The predicted octanol–water partition coefficient (Wildman–Crippen LogP) is 2.99. The highest BCUT2D eigenvalue weighted by Crippen LogP contribution is 2.29. The van der Waals surface area contributed by atoms with E-state index in [9.17, 15) is 19.5 Å². The molecule has 10 nitrogen and oxygen atoms in total. The molecule has 1 aromatic heterocycles. The lowest BCUT2D eigenvalue weighted by molar-refractivity contribution is -0.149. The normalized spacial score (nSPS) is 20.1. The molecule has 0 bridgehead atoms. The van der Waals surface area contributed by atoms with Gasteiger partial charge in [0, 0.05) is 6.07 Å². The van der Waals surface area contributed by atoms with Crippen LogP contribution >= 0.6 is 23.4 Å². The SMILES string of the molecule is CSc1nc(Cl)cc(N2C[C@@H](C(=O)O)N(C(=O)[C@@H](NC(=O)OC3CCCC3)C(C)(C)C)C2)n1. The van der Waals surface area contributed by atoms with Crippen molar-refractivity contribution in [1.82, 2.24) is 20.2 Å². The third kappa shape index (κ3) is 6.20. The van der Waals surface area contributed by atoms with Crippen molar-refractivity contribution in [2.75, 3.05) is 24.4 Å². The van der Waals surface area contributed by atoms with Crippen LogP contribution in [0.3, 0.4) is 0 Å². The van der Waals surface area contributed by atoms with E-state index < -0.39 is 35.5 Å². The molecule has 2 heterocycles. The molecule has 2 atom stereocenters. The highest BCUT2D eigenvalue weighted by atomic mass is 35.5. The van der Waals surface area contributed by atoms with E-state index in [0.29, 0.717) is 11.0 Å². The van der Waals surface area contributed by atoms with E-state index in [-0.39, 0.29) is 24.5 Å². The second-order valence-corrected chi connectivity index (χ2v) is 10.5. The highest BCUT2D eigenvalue weighted by Gasteiger charge is 2.45. The lowest BCUT2D eigenvalue weighted by atomic mass is 9.85. The first-order chi connectivity index (χ1) is 15.5. The largest absolute Gasteiger partial charge is 0.480 e. The van der Waals surface area contributed by atoms with Crippen LogP contribution in [0.5, 0.6) is 0 Å². The van der Waals surface area contributed by atoms with Gasteiger partial charge in [0.2, 0.25) is 5.91 Å². The van der Waals surface area contributed by atoms with E-state index >= 15 is 0 Å². The number of aromatic nitrogens is 2. The standard InChI is InChI=1S/C21H30ClN5O5S/c1-21(2,3)16(25-20(31)32-12-7-5-6-8-12)17(28)27-11-26(10-13(27)18(29)30)15-9-14(22)23-19(24-15)33-4/h9,12-13,16H,5-8,10-11H2,1-4H3,(H,25,31)(H,29,30)/t13-,16+/m0/s1. The quantitative estimate of drug-likeness (QED) is 0.345. The number of ether oxygens (including phenoxy) is 1. The van der Waals surface area contributed by atoms with Crippen LogP contribution in [0, 0.1) is 5.41 Å². The summed E-state index contributed by atoms with van der Waals surface area (Å²) in [6.45, 7) is 5.45. The van der Waals surface area contributed by atoms with Crippen LogP contribution < -0.4 is 10.2 Å². The number of amides is 2. The third-order valence-corrected chi connectivity index (χ3v) is 6.52. The van der Waals surface area contributed by atoms with Gasteiger partial charge >= 0.3 is 12.1 Å². The number of rotatable bonds is 6. The number of aliphatic carboxylic acids is 1. The molecule has 1 aliphatic heterocycles. The monoisotopic (exact) mass is 499 g/mol. The Hall–Kier alpha value is -2.27. The lowest BCUT2D eigenvalue weighted by Crippen LogP contribution is -2.57. The minimum atomic E-state index is -1.14. The summed E-state index contributed by atoms with van der Waals surface area (Å²) in [7, 11) is 0. The molecule has 182 valence electrons. The molecular formula is C21H30ClN5O5S. The van der Waals surface area contributed by atoms with E-state index in [1.54, 1.807) is 11.2 Å². The van der Waals surface area contributed by atoms with E-state index in [4.69, 9.17) is 16.3 Å². The Morgan fingerprint density at radius 2 is 1.94 bits per heavy atom. The van der Waals surface area contributed by atoms with Crippen molar-refractivity contribution in [3.8, 4) is 0 Å². The van der Waals surface area contributed by atoms with Gasteiger partial charge in [-0.2, -0.15) is 0 Å². The van der Waals surface area contributed by atoms with Crippen LogP contribution in [0.25, 0.3) is 0 Å². The lowest BCUT2D eigenvalue weighted by Gasteiger charge is -2.34. The Morgan fingerprint density at radius 3 is 2.52 bits per heavy atom. The zero-order chi connectivity index (χ0) is 24.3. The summed E-state index contributed by atoms with van der Waals surface area (Å²) >= 11 is 7.40. The van der Waals surface area contributed by atoms with E-state index in [1.165, 1.54) is 22.7 Å². The molecule has 1 aliphatic carbocycles. The zero-order valence-corrected chi connectivity index (χ0v) is 20.8. The maximum Gasteiger partial charge on any atom is 0.408 e. The topological polar surface area (TPSA) is 125 Å². The summed E-state index contributed by atoms with van der Waals surface area (Å²) in [6, 6.07) is -0.544. The first-order valence-electron chi connectivity index (χ1n) is 10.8. The van der Waals surface area contributed by atoms with Crippen LogP contribution in [0.15, 0.2) is 11.2 Å². The number of carbonyl (C=O) groups is 3. The second-order valence-electron chi connectivity index (χ2n) is 9.32. The van der Waals surface area contributed by atoms with Crippen molar-refractivity contribution in [3.63, 3.8) is 0 Å². The average Bonchev–Trinajstić information content (AvgIpc) is 3.40. The molecule has 0 radical (unpaired) electrons. The summed E-state index contributed by atoms with van der Waals surface area (Å²) < 4.78 is 5.47. The number of alkyl carbamates (subject to hydrolysis) is 1. The predicted molar refractivity (Wildman–Crippen MR) is 124 cm³/mol. The summed E-state index contributed by atoms with van der Waals surface area (Å²) in [6.07, 6.45) is 4.63. The molecule has 0 aromatic carbocycles. The summed E-state index contributed by atoms with van der Waals surface area (Å²) in [4.78, 5) is 49.5. The number of thioether (sulfide) groups is 1. The Bertz CT molecular complexity index is 906. The van der Waals surface area contributed by atoms with Crippen LogP contribution in [0.4, 0.5) is 10.6 Å². The smallest absolute Gasteiger partial charge is 0.408 e. The minimum Gasteiger partial charge on any atom is -0.480 e. The van der Waals surface area contributed by atoms with E-state index in [0.717, 1.165) is 25.7 Å². The number of hydrogen-bond acceptors (Lipinski definition) is 8. The fourth-order valence-electron chi connectivity index (χ4n) is 4.01. The first kappa shape index (κ1) is 25.4. The molecule has 3 rings (SSSR count). The van der Waals surface area contributed by atoms with Crippen molar-refractivity contribution in [2.24, 2.45) is 5.41 Å². The van der Waals surface area contributed by atoms with Gasteiger partial charge in [0.25, 0.3) is 0 Å². The number of hydrogen-bond donors (Lipinski definition) is 2. The van der Waals surface area contributed by atoms with Crippen LogP contribution in [0.1, 0.15) is 46.5 Å². The van der Waals surface area contributed by atoms with Gasteiger partial charge < -0.3 is 25.0 Å². The van der Waals surface area contributed by atoms with Crippen LogP contribution in [0.2, 0.25) is 5.15 Å². The molecule has 2 amide bonds.